The maximum Gasteiger partial charge on any atom is 0.224 e. The molecule has 2 heterocycles. The second kappa shape index (κ2) is 8.79. The number of rotatable bonds is 7. The molecule has 1 fully saturated rings. The van der Waals surface area contributed by atoms with E-state index in [0.29, 0.717) is 42.4 Å². The number of nitrogens with zero attached hydrogens (tertiary/aromatic N) is 3. The first-order valence-electron chi connectivity index (χ1n) is 8.40. The van der Waals surface area contributed by atoms with Gasteiger partial charge in [0, 0.05) is 37.4 Å². The van der Waals surface area contributed by atoms with Crippen LogP contribution in [0.4, 0.5) is 4.39 Å². The minimum absolute atomic E-state index is 0.0434. The molecule has 1 aromatic carbocycles. The van der Waals surface area contributed by atoms with Gasteiger partial charge in [0.25, 0.3) is 0 Å². The van der Waals surface area contributed by atoms with Crippen LogP contribution in [0.2, 0.25) is 0 Å². The summed E-state index contributed by atoms with van der Waals surface area (Å²) in [5, 5.41) is 10.1. The predicted octanol–water partition coefficient (Wildman–Crippen LogP) is 1.59. The number of hydrogen-bond acceptors (Lipinski definition) is 5. The summed E-state index contributed by atoms with van der Waals surface area (Å²) in [6.45, 7) is 1.01. The highest BCUT2D eigenvalue weighted by Gasteiger charge is 2.30. The molecule has 1 saturated heterocycles. The van der Waals surface area contributed by atoms with E-state index >= 15 is 0 Å². The van der Waals surface area contributed by atoms with Crippen molar-refractivity contribution in [3.05, 3.63) is 42.0 Å². The first kappa shape index (κ1) is 18.4. The molecule has 1 atom stereocenters. The molecule has 1 unspecified atom stereocenters. The Morgan fingerprint density at radius 2 is 2.27 bits per heavy atom. The van der Waals surface area contributed by atoms with E-state index in [1.807, 2.05) is 0 Å². The zero-order valence-electron chi connectivity index (χ0n) is 14.2. The van der Waals surface area contributed by atoms with Gasteiger partial charge in [-0.25, -0.2) is 9.37 Å². The molecule has 2 aromatic rings. The van der Waals surface area contributed by atoms with Crippen molar-refractivity contribution < 1.29 is 14.0 Å². The SMILES string of the molecule is O=C(NCCSc1ncn[nH]1)C1CCC(=O)N(Cc2ccccc2F)C1. The molecular weight excluding hydrogens is 357 g/mol. The number of thioether (sulfide) groups is 1. The number of aromatic amines is 1. The smallest absolute Gasteiger partial charge is 0.224 e. The van der Waals surface area contributed by atoms with Gasteiger partial charge in [0.05, 0.1) is 5.92 Å². The third kappa shape index (κ3) is 4.81. The number of halogens is 1. The number of aromatic nitrogens is 3. The summed E-state index contributed by atoms with van der Waals surface area (Å²) in [5.74, 6) is -0.0515. The molecule has 1 aliphatic heterocycles. The van der Waals surface area contributed by atoms with E-state index in [1.54, 1.807) is 23.1 Å². The third-order valence-corrected chi connectivity index (χ3v) is 5.10. The van der Waals surface area contributed by atoms with E-state index in [9.17, 15) is 14.0 Å². The molecule has 0 aliphatic carbocycles. The average molecular weight is 377 g/mol. The summed E-state index contributed by atoms with van der Waals surface area (Å²) in [4.78, 5) is 30.0. The van der Waals surface area contributed by atoms with Crippen molar-refractivity contribution >= 4 is 23.6 Å². The molecule has 0 spiro atoms. The summed E-state index contributed by atoms with van der Waals surface area (Å²) in [6, 6.07) is 6.39. The first-order valence-corrected chi connectivity index (χ1v) is 9.39. The van der Waals surface area contributed by atoms with Gasteiger partial charge >= 0.3 is 0 Å². The zero-order chi connectivity index (χ0) is 18.4. The van der Waals surface area contributed by atoms with Crippen LogP contribution in [0.25, 0.3) is 0 Å². The Morgan fingerprint density at radius 1 is 1.42 bits per heavy atom. The highest BCUT2D eigenvalue weighted by Crippen LogP contribution is 2.21. The number of likely N-dealkylation sites (tertiary alicyclic amines) is 1. The van der Waals surface area contributed by atoms with Crippen molar-refractivity contribution in [2.45, 2.75) is 24.5 Å². The van der Waals surface area contributed by atoms with Gasteiger partial charge in [-0.2, -0.15) is 5.10 Å². The summed E-state index contributed by atoms with van der Waals surface area (Å²) in [5.41, 5.74) is 0.463. The number of hydrogen-bond donors (Lipinski definition) is 2. The fraction of sp³-hybridized carbons (Fsp3) is 0.412. The van der Waals surface area contributed by atoms with E-state index in [0.717, 1.165) is 0 Å². The Labute approximate surface area is 154 Å². The minimum Gasteiger partial charge on any atom is -0.355 e. The van der Waals surface area contributed by atoms with E-state index < -0.39 is 0 Å². The van der Waals surface area contributed by atoms with Crippen LogP contribution in [0.3, 0.4) is 0 Å². The molecule has 0 radical (unpaired) electrons. The second-order valence-corrected chi connectivity index (χ2v) is 7.12. The summed E-state index contributed by atoms with van der Waals surface area (Å²) in [7, 11) is 0. The summed E-state index contributed by atoms with van der Waals surface area (Å²) in [6.07, 6.45) is 2.26. The number of benzene rings is 1. The molecule has 2 amide bonds. The molecule has 7 nitrogen and oxygen atoms in total. The fourth-order valence-corrected chi connectivity index (χ4v) is 3.48. The van der Waals surface area contributed by atoms with Gasteiger partial charge in [-0.15, -0.1) is 0 Å². The van der Waals surface area contributed by atoms with Gasteiger partial charge in [-0.1, -0.05) is 30.0 Å². The van der Waals surface area contributed by atoms with Crippen molar-refractivity contribution in [3.63, 3.8) is 0 Å². The second-order valence-electron chi connectivity index (χ2n) is 6.03. The third-order valence-electron chi connectivity index (χ3n) is 4.22. The monoisotopic (exact) mass is 377 g/mol. The van der Waals surface area contributed by atoms with Crippen LogP contribution in [0.5, 0.6) is 0 Å². The van der Waals surface area contributed by atoms with Crippen LogP contribution in [-0.2, 0) is 16.1 Å². The number of H-pyrrole nitrogens is 1. The van der Waals surface area contributed by atoms with Crippen molar-refractivity contribution in [2.75, 3.05) is 18.8 Å². The van der Waals surface area contributed by atoms with Crippen molar-refractivity contribution in [2.24, 2.45) is 5.92 Å². The molecule has 1 aromatic heterocycles. The summed E-state index contributed by atoms with van der Waals surface area (Å²) < 4.78 is 13.8. The molecule has 9 heteroatoms. The van der Waals surface area contributed by atoms with Gasteiger partial charge in [-0.3, -0.25) is 14.7 Å². The van der Waals surface area contributed by atoms with E-state index in [4.69, 9.17) is 0 Å². The lowest BCUT2D eigenvalue weighted by Gasteiger charge is -2.32. The van der Waals surface area contributed by atoms with Crippen molar-refractivity contribution in [3.8, 4) is 0 Å². The quantitative estimate of drug-likeness (QED) is 0.565. The van der Waals surface area contributed by atoms with E-state index in [1.165, 1.54) is 24.2 Å². The number of carbonyl (C=O) groups excluding carboxylic acids is 2. The number of nitrogens with one attached hydrogen (secondary N) is 2. The van der Waals surface area contributed by atoms with E-state index in [2.05, 4.69) is 20.5 Å². The van der Waals surface area contributed by atoms with Gasteiger partial charge < -0.3 is 10.2 Å². The van der Waals surface area contributed by atoms with Crippen LogP contribution in [-0.4, -0.2) is 50.7 Å². The Morgan fingerprint density at radius 3 is 3.04 bits per heavy atom. The van der Waals surface area contributed by atoms with Gasteiger partial charge in [-0.05, 0) is 12.5 Å². The normalized spacial score (nSPS) is 17.3. The van der Waals surface area contributed by atoms with Gasteiger partial charge in [0.1, 0.15) is 12.1 Å². The molecule has 0 bridgehead atoms. The van der Waals surface area contributed by atoms with Crippen LogP contribution in [0.1, 0.15) is 18.4 Å². The Kier molecular flexibility index (Phi) is 6.21. The maximum atomic E-state index is 13.8. The van der Waals surface area contributed by atoms with Crippen molar-refractivity contribution in [1.82, 2.24) is 25.4 Å². The lowest BCUT2D eigenvalue weighted by molar-refractivity contribution is -0.138. The molecule has 3 rings (SSSR count). The van der Waals surface area contributed by atoms with E-state index in [-0.39, 0.29) is 30.1 Å². The topological polar surface area (TPSA) is 91.0 Å². The molecule has 2 N–H and O–H groups in total. The molecule has 138 valence electrons. The number of carbonyl (C=O) groups is 2. The fourth-order valence-electron chi connectivity index (χ4n) is 2.84. The Hall–Kier alpha value is -2.42. The highest BCUT2D eigenvalue weighted by molar-refractivity contribution is 7.99. The standard InChI is InChI=1S/C17H20FN5O2S/c18-14-4-2-1-3-12(14)9-23-10-13(5-6-15(23)24)16(25)19-7-8-26-17-20-11-21-22-17/h1-4,11,13H,5-10H2,(H,19,25)(H,20,21,22). The summed E-state index contributed by atoms with van der Waals surface area (Å²) >= 11 is 1.47. The van der Waals surface area contributed by atoms with Gasteiger partial charge in [0.2, 0.25) is 11.8 Å². The lowest BCUT2D eigenvalue weighted by atomic mass is 9.96. The molecular formula is C17H20FN5O2S. The van der Waals surface area contributed by atoms with Gasteiger partial charge in [0.15, 0.2) is 5.16 Å². The molecule has 26 heavy (non-hydrogen) atoms. The Balaban J connectivity index is 1.48. The van der Waals surface area contributed by atoms with Crippen LogP contribution in [0, 0.1) is 11.7 Å². The lowest BCUT2D eigenvalue weighted by Crippen LogP contribution is -2.45. The van der Waals surface area contributed by atoms with Crippen LogP contribution < -0.4 is 5.32 Å². The Bertz CT molecular complexity index is 755. The number of amides is 2. The van der Waals surface area contributed by atoms with Crippen LogP contribution >= 0.6 is 11.8 Å². The van der Waals surface area contributed by atoms with Crippen LogP contribution in [0.15, 0.2) is 35.7 Å². The number of piperidine rings is 1. The minimum atomic E-state index is -0.337. The zero-order valence-corrected chi connectivity index (χ0v) is 15.0. The molecule has 0 saturated carbocycles. The predicted molar refractivity (Wildman–Crippen MR) is 94.7 cm³/mol. The maximum absolute atomic E-state index is 13.8. The highest BCUT2D eigenvalue weighted by atomic mass is 32.2. The molecule has 1 aliphatic rings. The van der Waals surface area contributed by atoms with Crippen molar-refractivity contribution in [1.29, 1.82) is 0 Å². The largest absolute Gasteiger partial charge is 0.355 e. The first-order chi connectivity index (χ1) is 12.6. The average Bonchev–Trinajstić information content (AvgIpc) is 3.15.